The largest absolute Gasteiger partial charge is 0.352 e. The lowest BCUT2D eigenvalue weighted by atomic mass is 9.67. The van der Waals surface area contributed by atoms with Crippen molar-refractivity contribution in [2.24, 2.45) is 17.6 Å². The minimum absolute atomic E-state index is 0.112. The minimum Gasteiger partial charge on any atom is -0.352 e. The second-order valence-electron chi connectivity index (χ2n) is 6.66. The molecule has 2 atom stereocenters. The molecule has 3 rings (SSSR count). The molecule has 134 valence electrons. The van der Waals surface area contributed by atoms with Crippen molar-refractivity contribution in [2.45, 2.75) is 48.4 Å². The SMILES string of the molecule is NC1CC2CCCC(C1)C2NC(=O)CNS(=O)(=O)c1ccc(Cl)s1. The van der Waals surface area contributed by atoms with Crippen molar-refractivity contribution in [3.05, 3.63) is 16.5 Å². The highest BCUT2D eigenvalue weighted by atomic mass is 35.5. The maximum atomic E-state index is 12.2. The first-order chi connectivity index (χ1) is 11.3. The predicted molar refractivity (Wildman–Crippen MR) is 94.5 cm³/mol. The van der Waals surface area contributed by atoms with E-state index in [-0.39, 0.29) is 28.7 Å². The first-order valence-corrected chi connectivity index (χ1v) is 10.8. The Morgan fingerprint density at radius 2 is 1.96 bits per heavy atom. The zero-order valence-corrected chi connectivity index (χ0v) is 15.6. The second-order valence-corrected chi connectivity index (χ2v) is 10.4. The maximum absolute atomic E-state index is 12.2. The van der Waals surface area contributed by atoms with Crippen LogP contribution >= 0.6 is 22.9 Å². The van der Waals surface area contributed by atoms with Gasteiger partial charge in [-0.2, -0.15) is 0 Å². The number of carbonyl (C=O) groups is 1. The highest BCUT2D eigenvalue weighted by Gasteiger charge is 2.39. The highest BCUT2D eigenvalue weighted by Crippen LogP contribution is 2.39. The fourth-order valence-electron chi connectivity index (χ4n) is 3.94. The molecule has 1 heterocycles. The minimum atomic E-state index is -3.70. The van der Waals surface area contributed by atoms with Crippen molar-refractivity contribution in [1.82, 2.24) is 10.0 Å². The molecule has 24 heavy (non-hydrogen) atoms. The normalized spacial score (nSPS) is 30.1. The van der Waals surface area contributed by atoms with Crippen LogP contribution in [0.2, 0.25) is 4.34 Å². The van der Waals surface area contributed by atoms with E-state index in [2.05, 4.69) is 10.0 Å². The summed E-state index contributed by atoms with van der Waals surface area (Å²) in [6.45, 7) is -0.264. The molecule has 2 unspecified atom stereocenters. The molecule has 2 fully saturated rings. The molecule has 2 aliphatic rings. The van der Waals surface area contributed by atoms with E-state index in [1.807, 2.05) is 0 Å². The summed E-state index contributed by atoms with van der Waals surface area (Å²) in [7, 11) is -3.70. The average molecular weight is 392 g/mol. The smallest absolute Gasteiger partial charge is 0.250 e. The molecule has 0 saturated heterocycles. The summed E-state index contributed by atoms with van der Waals surface area (Å²) in [5.41, 5.74) is 6.09. The van der Waals surface area contributed by atoms with Gasteiger partial charge in [-0.15, -0.1) is 11.3 Å². The van der Waals surface area contributed by atoms with E-state index in [1.165, 1.54) is 18.6 Å². The monoisotopic (exact) mass is 391 g/mol. The summed E-state index contributed by atoms with van der Waals surface area (Å²) < 4.78 is 27.1. The Labute approximate surface area is 151 Å². The van der Waals surface area contributed by atoms with Crippen LogP contribution in [0.1, 0.15) is 32.1 Å². The first-order valence-electron chi connectivity index (χ1n) is 8.15. The zero-order chi connectivity index (χ0) is 17.3. The van der Waals surface area contributed by atoms with Gasteiger partial charge in [0.1, 0.15) is 4.21 Å². The summed E-state index contributed by atoms with van der Waals surface area (Å²) in [4.78, 5) is 12.2. The molecule has 1 aromatic rings. The predicted octanol–water partition coefficient (Wildman–Crippen LogP) is 1.70. The number of carbonyl (C=O) groups excluding carboxylic acids is 1. The number of hydrogen-bond donors (Lipinski definition) is 3. The average Bonchev–Trinajstić information content (AvgIpc) is 2.94. The van der Waals surface area contributed by atoms with Gasteiger partial charge in [-0.25, -0.2) is 13.1 Å². The lowest BCUT2D eigenvalue weighted by Gasteiger charge is -2.45. The van der Waals surface area contributed by atoms with E-state index >= 15 is 0 Å². The Kier molecular flexibility index (Phi) is 5.51. The van der Waals surface area contributed by atoms with Crippen LogP contribution in [0.25, 0.3) is 0 Å². The summed E-state index contributed by atoms with van der Waals surface area (Å²) >= 11 is 6.73. The molecule has 0 radical (unpaired) electrons. The van der Waals surface area contributed by atoms with Crippen LogP contribution in [-0.2, 0) is 14.8 Å². The van der Waals surface area contributed by atoms with E-state index in [0.29, 0.717) is 16.2 Å². The van der Waals surface area contributed by atoms with Crippen molar-refractivity contribution in [3.8, 4) is 0 Å². The Hall–Kier alpha value is -0.670. The molecule has 6 nitrogen and oxygen atoms in total. The quantitative estimate of drug-likeness (QED) is 0.710. The van der Waals surface area contributed by atoms with Gasteiger partial charge in [0.2, 0.25) is 5.91 Å². The van der Waals surface area contributed by atoms with Crippen molar-refractivity contribution in [1.29, 1.82) is 0 Å². The third kappa shape index (κ3) is 4.11. The maximum Gasteiger partial charge on any atom is 0.250 e. The van der Waals surface area contributed by atoms with Crippen molar-refractivity contribution in [3.63, 3.8) is 0 Å². The number of thiophene rings is 1. The van der Waals surface area contributed by atoms with Gasteiger partial charge in [-0.3, -0.25) is 4.79 Å². The van der Waals surface area contributed by atoms with Gasteiger partial charge in [0.15, 0.2) is 0 Å². The highest BCUT2D eigenvalue weighted by molar-refractivity contribution is 7.91. The Balaban J connectivity index is 1.56. The molecular weight excluding hydrogens is 370 g/mol. The number of rotatable bonds is 5. The third-order valence-electron chi connectivity index (χ3n) is 4.94. The number of amides is 1. The third-order valence-corrected chi connectivity index (χ3v) is 8.06. The fraction of sp³-hybridized carbons (Fsp3) is 0.667. The standard InChI is InChI=1S/C15H22ClN3O3S2/c16-12-4-5-14(23-12)24(21,22)18-8-13(20)19-15-9-2-1-3-10(15)7-11(17)6-9/h4-5,9-11,15,18H,1-3,6-8,17H2,(H,19,20). The van der Waals surface area contributed by atoms with Crippen LogP contribution in [-0.4, -0.2) is 33.0 Å². The molecule has 4 N–H and O–H groups in total. The molecule has 2 bridgehead atoms. The summed E-state index contributed by atoms with van der Waals surface area (Å²) in [6.07, 6.45) is 5.20. The molecule has 9 heteroatoms. The lowest BCUT2D eigenvalue weighted by Crippen LogP contribution is -2.55. The van der Waals surface area contributed by atoms with E-state index < -0.39 is 10.0 Å². The molecule has 0 aromatic carbocycles. The van der Waals surface area contributed by atoms with E-state index in [0.717, 1.165) is 37.0 Å². The lowest BCUT2D eigenvalue weighted by molar-refractivity contribution is -0.122. The molecule has 1 aromatic heterocycles. The van der Waals surface area contributed by atoms with E-state index in [1.54, 1.807) is 0 Å². The van der Waals surface area contributed by atoms with Gasteiger partial charge in [-0.05, 0) is 49.7 Å². The van der Waals surface area contributed by atoms with Gasteiger partial charge >= 0.3 is 0 Å². The van der Waals surface area contributed by atoms with Crippen LogP contribution in [0.5, 0.6) is 0 Å². The van der Waals surface area contributed by atoms with E-state index in [9.17, 15) is 13.2 Å². The van der Waals surface area contributed by atoms with Gasteiger partial charge < -0.3 is 11.1 Å². The van der Waals surface area contributed by atoms with Crippen molar-refractivity contribution >= 4 is 38.9 Å². The van der Waals surface area contributed by atoms with Crippen LogP contribution in [0.4, 0.5) is 0 Å². The Morgan fingerprint density at radius 3 is 2.54 bits per heavy atom. The number of halogens is 1. The van der Waals surface area contributed by atoms with Crippen LogP contribution in [0.15, 0.2) is 16.3 Å². The number of nitrogens with one attached hydrogen (secondary N) is 2. The number of hydrogen-bond acceptors (Lipinski definition) is 5. The van der Waals surface area contributed by atoms with Gasteiger partial charge in [0.25, 0.3) is 10.0 Å². The van der Waals surface area contributed by atoms with E-state index in [4.69, 9.17) is 17.3 Å². The molecule has 2 aliphatic carbocycles. The van der Waals surface area contributed by atoms with Gasteiger partial charge in [0.05, 0.1) is 10.9 Å². The Bertz CT molecular complexity index is 693. The van der Waals surface area contributed by atoms with Crippen LogP contribution in [0, 0.1) is 11.8 Å². The van der Waals surface area contributed by atoms with Crippen LogP contribution in [0.3, 0.4) is 0 Å². The number of fused-ring (bicyclic) bond motifs is 2. The van der Waals surface area contributed by atoms with Gasteiger partial charge in [0, 0.05) is 12.1 Å². The summed E-state index contributed by atoms with van der Waals surface area (Å²) in [5.74, 6) is 0.520. The zero-order valence-electron chi connectivity index (χ0n) is 13.2. The first kappa shape index (κ1) is 18.1. The molecule has 1 amide bonds. The fourth-order valence-corrected chi connectivity index (χ4v) is 6.45. The summed E-state index contributed by atoms with van der Waals surface area (Å²) in [6, 6.07) is 3.29. The Morgan fingerprint density at radius 1 is 1.29 bits per heavy atom. The topological polar surface area (TPSA) is 101 Å². The van der Waals surface area contributed by atoms with Crippen LogP contribution < -0.4 is 15.8 Å². The molecule has 0 spiro atoms. The molecule has 2 saturated carbocycles. The molecule has 0 aliphatic heterocycles. The van der Waals surface area contributed by atoms with Crippen molar-refractivity contribution in [2.75, 3.05) is 6.54 Å². The number of sulfonamides is 1. The van der Waals surface area contributed by atoms with Gasteiger partial charge in [-0.1, -0.05) is 18.0 Å². The van der Waals surface area contributed by atoms with Crippen molar-refractivity contribution < 1.29 is 13.2 Å². The molecular formula is C15H22ClN3O3S2. The summed E-state index contributed by atoms with van der Waals surface area (Å²) in [5, 5.41) is 3.03. The number of nitrogens with two attached hydrogens (primary N) is 1. The second kappa shape index (κ2) is 7.29.